The number of hydrogen-bond donors (Lipinski definition) is 0. The molecule has 0 aliphatic carbocycles. The van der Waals surface area contributed by atoms with Gasteiger partial charge >= 0.3 is 0 Å². The number of amidine groups is 1. The third kappa shape index (κ3) is 1.37. The fourth-order valence-electron chi connectivity index (χ4n) is 2.58. The average Bonchev–Trinajstić information content (AvgIpc) is 2.70. The molecule has 3 nitrogen and oxygen atoms in total. The topological polar surface area (TPSA) is 32.7 Å². The summed E-state index contributed by atoms with van der Waals surface area (Å²) in [6.45, 7) is 0.446. The quantitative estimate of drug-likeness (QED) is 0.709. The number of aliphatic imine (C=N–C) groups is 1. The Morgan fingerprint density at radius 2 is 1.89 bits per heavy atom. The molecule has 0 saturated heterocycles. The zero-order chi connectivity index (χ0) is 13.0. The molecule has 0 aromatic heterocycles. The van der Waals surface area contributed by atoms with E-state index < -0.39 is 0 Å². The molecular weight excluding hydrogens is 243 g/mol. The first-order chi connectivity index (χ1) is 9.24. The molecule has 0 bridgehead atoms. The zero-order valence-electron chi connectivity index (χ0n) is 9.93. The molecule has 0 radical (unpaired) electrons. The summed E-state index contributed by atoms with van der Waals surface area (Å²) in [5.74, 6) is 0.275. The number of carbonyl (C=O) groups excluding carboxylic acids is 1. The zero-order valence-corrected chi connectivity index (χ0v) is 9.93. The summed E-state index contributed by atoms with van der Waals surface area (Å²) in [5.41, 5.74) is 2.96. The summed E-state index contributed by atoms with van der Waals surface area (Å²) >= 11 is 0. The molecule has 2 aliphatic heterocycles. The van der Waals surface area contributed by atoms with Gasteiger partial charge in [0.15, 0.2) is 0 Å². The maximum absolute atomic E-state index is 13.3. The molecule has 0 saturated carbocycles. The smallest absolute Gasteiger partial charge is 0.260 e. The van der Waals surface area contributed by atoms with E-state index >= 15 is 0 Å². The second-order valence-corrected chi connectivity index (χ2v) is 4.65. The molecule has 0 unspecified atom stereocenters. The summed E-state index contributed by atoms with van der Waals surface area (Å²) in [4.78, 5) is 18.4. The molecule has 0 atom stereocenters. The second-order valence-electron chi connectivity index (χ2n) is 4.65. The van der Waals surface area contributed by atoms with Gasteiger partial charge in [0.05, 0.1) is 17.8 Å². The number of carbonyl (C=O) groups is 1. The van der Waals surface area contributed by atoms with Crippen molar-refractivity contribution in [3.8, 4) is 0 Å². The van der Waals surface area contributed by atoms with E-state index in [1.165, 1.54) is 12.1 Å². The Hall–Kier alpha value is -2.49. The van der Waals surface area contributed by atoms with Crippen molar-refractivity contribution in [2.75, 3.05) is 0 Å². The van der Waals surface area contributed by atoms with Gasteiger partial charge in [0.2, 0.25) is 0 Å². The van der Waals surface area contributed by atoms with Crippen LogP contribution in [0.1, 0.15) is 21.5 Å². The molecule has 2 aliphatic rings. The maximum atomic E-state index is 13.3. The van der Waals surface area contributed by atoms with Crippen molar-refractivity contribution >= 4 is 17.4 Å². The van der Waals surface area contributed by atoms with Gasteiger partial charge in [0.1, 0.15) is 11.7 Å². The SMILES string of the molecule is O=C1c2ccccc2C2=Nc3cc(F)ccc3CN12. The van der Waals surface area contributed by atoms with Crippen LogP contribution in [0.4, 0.5) is 10.1 Å². The van der Waals surface area contributed by atoms with E-state index in [0.29, 0.717) is 23.6 Å². The number of halogens is 1. The van der Waals surface area contributed by atoms with Crippen LogP contribution >= 0.6 is 0 Å². The minimum absolute atomic E-state index is 0.0377. The van der Waals surface area contributed by atoms with E-state index in [0.717, 1.165) is 11.1 Å². The van der Waals surface area contributed by atoms with Crippen molar-refractivity contribution in [3.63, 3.8) is 0 Å². The molecule has 0 spiro atoms. The van der Waals surface area contributed by atoms with Crippen molar-refractivity contribution in [1.82, 2.24) is 4.90 Å². The van der Waals surface area contributed by atoms with Gasteiger partial charge in [0.25, 0.3) is 5.91 Å². The first kappa shape index (κ1) is 10.4. The lowest BCUT2D eigenvalue weighted by Gasteiger charge is -2.23. The molecular formula is C15H9FN2O. The van der Waals surface area contributed by atoms with E-state index in [2.05, 4.69) is 4.99 Å². The van der Waals surface area contributed by atoms with Gasteiger partial charge in [-0.05, 0) is 23.8 Å². The van der Waals surface area contributed by atoms with Crippen molar-refractivity contribution in [2.24, 2.45) is 4.99 Å². The number of nitrogens with zero attached hydrogens (tertiary/aromatic N) is 2. The highest BCUT2D eigenvalue weighted by molar-refractivity contribution is 6.24. The van der Waals surface area contributed by atoms with Gasteiger partial charge in [0, 0.05) is 5.56 Å². The predicted molar refractivity (Wildman–Crippen MR) is 68.9 cm³/mol. The molecule has 2 aromatic carbocycles. The molecule has 19 heavy (non-hydrogen) atoms. The van der Waals surface area contributed by atoms with E-state index in [1.807, 2.05) is 18.2 Å². The van der Waals surface area contributed by atoms with E-state index in [9.17, 15) is 9.18 Å². The largest absolute Gasteiger partial charge is 0.288 e. The first-order valence-electron chi connectivity index (χ1n) is 6.02. The van der Waals surface area contributed by atoms with Crippen LogP contribution in [0.3, 0.4) is 0 Å². The maximum Gasteiger partial charge on any atom is 0.260 e. The standard InChI is InChI=1S/C15H9FN2O/c16-10-6-5-9-8-18-14(17-13(9)7-10)11-3-1-2-4-12(11)15(18)19/h1-7H,8H2. The number of benzene rings is 2. The highest BCUT2D eigenvalue weighted by atomic mass is 19.1. The summed E-state index contributed by atoms with van der Waals surface area (Å²) in [6, 6.07) is 11.9. The lowest BCUT2D eigenvalue weighted by molar-refractivity contribution is 0.0852. The molecule has 2 heterocycles. The third-order valence-electron chi connectivity index (χ3n) is 3.50. The number of fused-ring (bicyclic) bond motifs is 4. The molecule has 2 aromatic rings. The molecule has 92 valence electrons. The predicted octanol–water partition coefficient (Wildman–Crippen LogP) is 2.87. The Morgan fingerprint density at radius 3 is 2.74 bits per heavy atom. The van der Waals surface area contributed by atoms with Crippen LogP contribution < -0.4 is 0 Å². The molecule has 4 rings (SSSR count). The second kappa shape index (κ2) is 3.51. The minimum atomic E-state index is -0.311. The number of rotatable bonds is 0. The fraction of sp³-hybridized carbons (Fsp3) is 0.0667. The van der Waals surface area contributed by atoms with Crippen LogP contribution in [0.25, 0.3) is 0 Å². The van der Waals surface area contributed by atoms with Gasteiger partial charge in [-0.15, -0.1) is 0 Å². The van der Waals surface area contributed by atoms with Crippen molar-refractivity contribution < 1.29 is 9.18 Å². The van der Waals surface area contributed by atoms with Gasteiger partial charge in [-0.25, -0.2) is 9.38 Å². The van der Waals surface area contributed by atoms with Crippen LogP contribution in [0.5, 0.6) is 0 Å². The Kier molecular flexibility index (Phi) is 1.93. The lowest BCUT2D eigenvalue weighted by Crippen LogP contribution is -2.31. The normalized spacial score (nSPS) is 15.7. The van der Waals surface area contributed by atoms with Gasteiger partial charge in [-0.2, -0.15) is 0 Å². The fourth-order valence-corrected chi connectivity index (χ4v) is 2.58. The monoisotopic (exact) mass is 252 g/mol. The number of hydrogen-bond acceptors (Lipinski definition) is 2. The van der Waals surface area contributed by atoms with Crippen LogP contribution in [0, 0.1) is 5.82 Å². The Bertz CT molecular complexity index is 752. The van der Waals surface area contributed by atoms with Crippen LogP contribution in [-0.2, 0) is 6.54 Å². The molecule has 4 heteroatoms. The third-order valence-corrected chi connectivity index (χ3v) is 3.50. The summed E-state index contributed by atoms with van der Waals surface area (Å²) in [5, 5.41) is 0. The Morgan fingerprint density at radius 1 is 1.11 bits per heavy atom. The minimum Gasteiger partial charge on any atom is -0.288 e. The summed E-state index contributed by atoms with van der Waals surface area (Å²) in [6.07, 6.45) is 0. The van der Waals surface area contributed by atoms with E-state index in [4.69, 9.17) is 0 Å². The highest BCUT2D eigenvalue weighted by Crippen LogP contribution is 2.34. The van der Waals surface area contributed by atoms with E-state index in [-0.39, 0.29) is 11.7 Å². The number of amides is 1. The molecule has 0 fully saturated rings. The van der Waals surface area contributed by atoms with Gasteiger partial charge in [-0.3, -0.25) is 9.69 Å². The lowest BCUT2D eigenvalue weighted by atomic mass is 10.1. The Balaban J connectivity index is 1.95. The summed E-state index contributed by atoms with van der Waals surface area (Å²) < 4.78 is 13.3. The first-order valence-corrected chi connectivity index (χ1v) is 6.02. The van der Waals surface area contributed by atoms with Crippen molar-refractivity contribution in [3.05, 3.63) is 65.0 Å². The van der Waals surface area contributed by atoms with Crippen LogP contribution in [0.15, 0.2) is 47.5 Å². The molecule has 1 amide bonds. The van der Waals surface area contributed by atoms with Gasteiger partial charge < -0.3 is 0 Å². The average molecular weight is 252 g/mol. The molecule has 0 N–H and O–H groups in total. The summed E-state index contributed by atoms with van der Waals surface area (Å²) in [7, 11) is 0. The van der Waals surface area contributed by atoms with Gasteiger partial charge in [-0.1, -0.05) is 24.3 Å². The Labute approximate surface area is 109 Å². The van der Waals surface area contributed by atoms with Crippen LogP contribution in [-0.4, -0.2) is 16.6 Å². The van der Waals surface area contributed by atoms with E-state index in [1.54, 1.807) is 17.0 Å². The van der Waals surface area contributed by atoms with Crippen LogP contribution in [0.2, 0.25) is 0 Å². The van der Waals surface area contributed by atoms with Crippen molar-refractivity contribution in [1.29, 1.82) is 0 Å². The highest BCUT2D eigenvalue weighted by Gasteiger charge is 2.35. The van der Waals surface area contributed by atoms with Crippen molar-refractivity contribution in [2.45, 2.75) is 6.54 Å².